The van der Waals surface area contributed by atoms with Gasteiger partial charge in [-0.25, -0.2) is 0 Å². The minimum absolute atomic E-state index is 0.0358. The molecule has 17 heavy (non-hydrogen) atoms. The second-order valence-electron chi connectivity index (χ2n) is 4.09. The van der Waals surface area contributed by atoms with E-state index in [-0.39, 0.29) is 12.5 Å². The highest BCUT2D eigenvalue weighted by Gasteiger charge is 2.27. The lowest BCUT2D eigenvalue weighted by Gasteiger charge is -2.31. The first kappa shape index (κ1) is 11.8. The maximum atomic E-state index is 11.9. The molecule has 1 heterocycles. The fraction of sp³-hybridized carbons (Fsp3) is 0.462. The number of carbonyl (C=O) groups excluding carboxylic acids is 1. The summed E-state index contributed by atoms with van der Waals surface area (Å²) in [6, 6.07) is 5.79. The van der Waals surface area contributed by atoms with Gasteiger partial charge in [0, 0.05) is 13.6 Å². The van der Waals surface area contributed by atoms with E-state index in [2.05, 4.69) is 12.2 Å². The van der Waals surface area contributed by atoms with Crippen molar-refractivity contribution in [2.24, 2.45) is 0 Å². The molecule has 92 valence electrons. The first-order valence-corrected chi connectivity index (χ1v) is 6.02. The highest BCUT2D eigenvalue weighted by molar-refractivity contribution is 6.01. The van der Waals surface area contributed by atoms with E-state index in [4.69, 9.17) is 4.74 Å². The number of amides is 1. The summed E-state index contributed by atoms with van der Waals surface area (Å²) in [5.41, 5.74) is 1.81. The van der Waals surface area contributed by atoms with E-state index >= 15 is 0 Å². The predicted molar refractivity (Wildman–Crippen MR) is 68.7 cm³/mol. The average Bonchev–Trinajstić information content (AvgIpc) is 2.37. The van der Waals surface area contributed by atoms with Gasteiger partial charge in [-0.15, -0.1) is 0 Å². The van der Waals surface area contributed by atoms with Gasteiger partial charge in [-0.1, -0.05) is 19.4 Å². The average molecular weight is 234 g/mol. The topological polar surface area (TPSA) is 41.6 Å². The van der Waals surface area contributed by atoms with E-state index in [1.807, 2.05) is 30.1 Å². The van der Waals surface area contributed by atoms with Crippen LogP contribution in [0.5, 0.6) is 5.75 Å². The Hall–Kier alpha value is -1.71. The van der Waals surface area contributed by atoms with E-state index in [1.165, 1.54) is 0 Å². The molecule has 0 aromatic heterocycles. The van der Waals surface area contributed by atoms with Gasteiger partial charge in [0.15, 0.2) is 6.61 Å². The third-order valence-electron chi connectivity index (χ3n) is 2.93. The largest absolute Gasteiger partial charge is 0.481 e. The van der Waals surface area contributed by atoms with E-state index in [9.17, 15) is 4.79 Å². The van der Waals surface area contributed by atoms with Crippen molar-refractivity contribution in [3.8, 4) is 5.75 Å². The zero-order valence-corrected chi connectivity index (χ0v) is 10.3. The van der Waals surface area contributed by atoms with Gasteiger partial charge in [0.2, 0.25) is 0 Å². The van der Waals surface area contributed by atoms with Crippen LogP contribution in [0.25, 0.3) is 0 Å². The SMILES string of the molecule is CCCCN1C(=O)COc2cccc(NC)c21. The molecule has 0 spiro atoms. The van der Waals surface area contributed by atoms with Gasteiger partial charge in [0.1, 0.15) is 11.4 Å². The number of anilines is 2. The number of nitrogens with zero attached hydrogens (tertiary/aromatic N) is 1. The minimum atomic E-state index is 0.0358. The van der Waals surface area contributed by atoms with Gasteiger partial charge < -0.3 is 15.0 Å². The van der Waals surface area contributed by atoms with E-state index in [1.54, 1.807) is 0 Å². The van der Waals surface area contributed by atoms with Crippen molar-refractivity contribution in [1.29, 1.82) is 0 Å². The predicted octanol–water partition coefficient (Wildman–Crippen LogP) is 2.25. The van der Waals surface area contributed by atoms with Crippen molar-refractivity contribution in [1.82, 2.24) is 0 Å². The van der Waals surface area contributed by atoms with Crippen molar-refractivity contribution >= 4 is 17.3 Å². The Morgan fingerprint density at radius 3 is 3.00 bits per heavy atom. The number of fused-ring (bicyclic) bond motifs is 1. The summed E-state index contributed by atoms with van der Waals surface area (Å²) >= 11 is 0. The smallest absolute Gasteiger partial charge is 0.265 e. The summed E-state index contributed by atoms with van der Waals surface area (Å²) in [5.74, 6) is 0.821. The first-order chi connectivity index (χ1) is 8.27. The summed E-state index contributed by atoms with van der Waals surface area (Å²) in [6.07, 6.45) is 2.07. The fourth-order valence-electron chi connectivity index (χ4n) is 2.01. The molecule has 1 aliphatic rings. The molecule has 0 atom stereocenters. The molecule has 2 rings (SSSR count). The van der Waals surface area contributed by atoms with Crippen LogP contribution in [-0.4, -0.2) is 26.1 Å². The molecule has 0 bridgehead atoms. The molecule has 1 aromatic rings. The number of hydrogen-bond donors (Lipinski definition) is 1. The monoisotopic (exact) mass is 234 g/mol. The standard InChI is InChI=1S/C13H18N2O2/c1-3-4-8-15-12(16)9-17-11-7-5-6-10(14-2)13(11)15/h5-7,14H,3-4,8-9H2,1-2H3. The molecule has 1 amide bonds. The van der Waals surface area contributed by atoms with Gasteiger partial charge in [-0.3, -0.25) is 4.79 Å². The summed E-state index contributed by atoms with van der Waals surface area (Å²) < 4.78 is 5.46. The normalized spacial score (nSPS) is 14.2. The van der Waals surface area contributed by atoms with Crippen LogP contribution in [0.1, 0.15) is 19.8 Å². The number of benzene rings is 1. The molecule has 0 radical (unpaired) electrons. The van der Waals surface area contributed by atoms with Gasteiger partial charge in [0.05, 0.1) is 5.69 Å². The third kappa shape index (κ3) is 2.20. The Morgan fingerprint density at radius 1 is 1.47 bits per heavy atom. The lowest BCUT2D eigenvalue weighted by Crippen LogP contribution is -2.39. The van der Waals surface area contributed by atoms with Gasteiger partial charge >= 0.3 is 0 Å². The molecule has 1 aromatic carbocycles. The molecular weight excluding hydrogens is 216 g/mol. The van der Waals surface area contributed by atoms with E-state index in [0.717, 1.165) is 36.5 Å². The van der Waals surface area contributed by atoms with Gasteiger partial charge in [-0.05, 0) is 18.6 Å². The zero-order chi connectivity index (χ0) is 12.3. The molecule has 1 aliphatic heterocycles. The van der Waals surface area contributed by atoms with Crippen LogP contribution >= 0.6 is 0 Å². The van der Waals surface area contributed by atoms with Gasteiger partial charge in [0.25, 0.3) is 5.91 Å². The number of para-hydroxylation sites is 1. The van der Waals surface area contributed by atoms with Crippen molar-refractivity contribution in [2.75, 3.05) is 30.4 Å². The van der Waals surface area contributed by atoms with Crippen molar-refractivity contribution in [3.05, 3.63) is 18.2 Å². The highest BCUT2D eigenvalue weighted by atomic mass is 16.5. The Kier molecular flexibility index (Phi) is 3.52. The maximum absolute atomic E-state index is 11.9. The maximum Gasteiger partial charge on any atom is 0.265 e. The minimum Gasteiger partial charge on any atom is -0.481 e. The number of hydrogen-bond acceptors (Lipinski definition) is 3. The molecule has 0 fully saturated rings. The Bertz CT molecular complexity index is 404. The number of carbonyl (C=O) groups is 1. The van der Waals surface area contributed by atoms with Crippen LogP contribution in [-0.2, 0) is 4.79 Å². The van der Waals surface area contributed by atoms with Crippen molar-refractivity contribution in [2.45, 2.75) is 19.8 Å². The lowest BCUT2D eigenvalue weighted by atomic mass is 10.1. The molecular formula is C13H18N2O2. The summed E-state index contributed by atoms with van der Waals surface area (Å²) in [7, 11) is 1.85. The number of ether oxygens (including phenoxy) is 1. The molecule has 1 N–H and O–H groups in total. The Morgan fingerprint density at radius 2 is 2.29 bits per heavy atom. The summed E-state index contributed by atoms with van der Waals surface area (Å²) in [5, 5.41) is 3.11. The molecule has 4 nitrogen and oxygen atoms in total. The molecule has 0 saturated carbocycles. The quantitative estimate of drug-likeness (QED) is 0.868. The van der Waals surface area contributed by atoms with Crippen LogP contribution in [0.2, 0.25) is 0 Å². The lowest BCUT2D eigenvalue weighted by molar-refractivity contribution is -0.121. The Balaban J connectivity index is 2.38. The third-order valence-corrected chi connectivity index (χ3v) is 2.93. The van der Waals surface area contributed by atoms with Crippen LogP contribution in [0, 0.1) is 0 Å². The second kappa shape index (κ2) is 5.08. The molecule has 0 unspecified atom stereocenters. The van der Waals surface area contributed by atoms with E-state index < -0.39 is 0 Å². The number of unbranched alkanes of at least 4 members (excludes halogenated alkanes) is 1. The van der Waals surface area contributed by atoms with Crippen molar-refractivity contribution < 1.29 is 9.53 Å². The second-order valence-corrected chi connectivity index (χ2v) is 4.09. The highest BCUT2D eigenvalue weighted by Crippen LogP contribution is 2.38. The van der Waals surface area contributed by atoms with Crippen molar-refractivity contribution in [3.63, 3.8) is 0 Å². The summed E-state index contributed by atoms with van der Waals surface area (Å²) in [4.78, 5) is 13.7. The molecule has 0 saturated heterocycles. The number of rotatable bonds is 4. The van der Waals surface area contributed by atoms with Crippen LogP contribution in [0.4, 0.5) is 11.4 Å². The van der Waals surface area contributed by atoms with Crippen LogP contribution in [0.15, 0.2) is 18.2 Å². The first-order valence-electron chi connectivity index (χ1n) is 6.02. The van der Waals surface area contributed by atoms with Crippen LogP contribution < -0.4 is 15.0 Å². The number of nitrogens with one attached hydrogen (secondary N) is 1. The molecule has 0 aliphatic carbocycles. The fourth-order valence-corrected chi connectivity index (χ4v) is 2.01. The van der Waals surface area contributed by atoms with E-state index in [0.29, 0.717) is 0 Å². The van der Waals surface area contributed by atoms with Crippen LogP contribution in [0.3, 0.4) is 0 Å². The zero-order valence-electron chi connectivity index (χ0n) is 10.3. The molecule has 4 heteroatoms. The van der Waals surface area contributed by atoms with Gasteiger partial charge in [-0.2, -0.15) is 0 Å². The summed E-state index contributed by atoms with van der Waals surface area (Å²) in [6.45, 7) is 3.02. The Labute approximate surface area is 102 Å².